The van der Waals surface area contributed by atoms with Crippen LogP contribution in [-0.4, -0.2) is 23.6 Å². The molecule has 2 heterocycles. The predicted octanol–water partition coefficient (Wildman–Crippen LogP) is -0.573. The molecule has 0 amide bonds. The molecular formula is C14H17LiN2O. The minimum absolute atomic E-state index is 0. The Morgan fingerprint density at radius 1 is 1.39 bits per heavy atom. The summed E-state index contributed by atoms with van der Waals surface area (Å²) in [5, 5.41) is 0. The molecule has 2 aliphatic rings. The van der Waals surface area contributed by atoms with Crippen LogP contribution in [0.1, 0.15) is 25.0 Å². The molecule has 0 fully saturated rings. The molecular weight excluding hydrogens is 219 g/mol. The number of hydrogen-bond acceptors (Lipinski definition) is 3. The average molecular weight is 236 g/mol. The van der Waals surface area contributed by atoms with Crippen LogP contribution in [0.15, 0.2) is 29.3 Å². The van der Waals surface area contributed by atoms with E-state index in [1.165, 1.54) is 11.1 Å². The third kappa shape index (κ3) is 2.38. The van der Waals surface area contributed by atoms with E-state index < -0.39 is 0 Å². The van der Waals surface area contributed by atoms with E-state index in [0.717, 1.165) is 12.6 Å². The molecule has 1 atom stereocenters. The maximum atomic E-state index is 5.69. The van der Waals surface area contributed by atoms with Crippen LogP contribution in [0.3, 0.4) is 0 Å². The van der Waals surface area contributed by atoms with Gasteiger partial charge < -0.3 is 9.64 Å². The molecule has 1 aromatic carbocycles. The van der Waals surface area contributed by atoms with Gasteiger partial charge in [-0.2, -0.15) is 11.6 Å². The molecule has 2 aliphatic heterocycles. The summed E-state index contributed by atoms with van der Waals surface area (Å²) in [6.45, 7) is 8.08. The fourth-order valence-electron chi connectivity index (χ4n) is 2.20. The van der Waals surface area contributed by atoms with E-state index in [9.17, 15) is 0 Å². The molecule has 0 bridgehead atoms. The normalized spacial score (nSPS) is 20.9. The first-order valence-electron chi connectivity index (χ1n) is 6.14. The van der Waals surface area contributed by atoms with Crippen LogP contribution >= 0.6 is 0 Å². The van der Waals surface area contributed by atoms with Crippen molar-refractivity contribution in [2.24, 2.45) is 10.9 Å². The van der Waals surface area contributed by atoms with E-state index in [4.69, 9.17) is 4.74 Å². The van der Waals surface area contributed by atoms with E-state index in [-0.39, 0.29) is 18.9 Å². The molecule has 4 heteroatoms. The topological polar surface area (TPSA) is 24.8 Å². The van der Waals surface area contributed by atoms with E-state index in [0.29, 0.717) is 18.6 Å². The van der Waals surface area contributed by atoms with Crippen LogP contribution < -0.4 is 18.9 Å². The first-order chi connectivity index (χ1) is 8.24. The Labute approximate surface area is 120 Å². The zero-order valence-electron chi connectivity index (χ0n) is 11.3. The number of aliphatic imine (C=N–C) groups is 1. The van der Waals surface area contributed by atoms with Gasteiger partial charge in [0.25, 0.3) is 6.02 Å². The van der Waals surface area contributed by atoms with Gasteiger partial charge >= 0.3 is 18.9 Å². The number of fused-ring (bicyclic) bond motifs is 1. The minimum Gasteiger partial charge on any atom is -0.463 e. The molecule has 0 saturated carbocycles. The van der Waals surface area contributed by atoms with Crippen LogP contribution in [0, 0.1) is 12.5 Å². The average Bonchev–Trinajstić information content (AvgIpc) is 2.95. The van der Waals surface area contributed by atoms with Crippen molar-refractivity contribution in [1.29, 1.82) is 0 Å². The largest absolute Gasteiger partial charge is 1.00 e. The molecule has 90 valence electrons. The van der Waals surface area contributed by atoms with E-state index in [2.05, 4.69) is 54.6 Å². The Bertz CT molecular complexity index is 434. The molecule has 0 aliphatic carbocycles. The smallest absolute Gasteiger partial charge is 0.463 e. The first kappa shape index (κ1) is 13.4. The van der Waals surface area contributed by atoms with E-state index >= 15 is 0 Å². The summed E-state index contributed by atoms with van der Waals surface area (Å²) < 4.78 is 5.69. The maximum Gasteiger partial charge on any atom is 1.00 e. The SMILES string of the molecule is CC(C)[C@H]1COC(N2[CH-]c3ccccc3C2)=N1.[Li+]. The van der Waals surface area contributed by atoms with Gasteiger partial charge in [0.15, 0.2) is 0 Å². The van der Waals surface area contributed by atoms with Crippen LogP contribution in [0.4, 0.5) is 0 Å². The van der Waals surface area contributed by atoms with Gasteiger partial charge in [0, 0.05) is 0 Å². The summed E-state index contributed by atoms with van der Waals surface area (Å²) in [5.41, 5.74) is 2.61. The molecule has 0 aromatic heterocycles. The molecule has 0 radical (unpaired) electrons. The zero-order chi connectivity index (χ0) is 11.8. The summed E-state index contributed by atoms with van der Waals surface area (Å²) in [4.78, 5) is 6.75. The molecule has 18 heavy (non-hydrogen) atoms. The number of hydrogen-bond donors (Lipinski definition) is 0. The number of ether oxygens (including phenoxy) is 1. The third-order valence-corrected chi connectivity index (χ3v) is 3.37. The summed E-state index contributed by atoms with van der Waals surface area (Å²) in [6.07, 6.45) is 0. The minimum atomic E-state index is 0. The Morgan fingerprint density at radius 2 is 2.17 bits per heavy atom. The summed E-state index contributed by atoms with van der Waals surface area (Å²) in [5.74, 6) is 0.539. The fraction of sp³-hybridized carbons (Fsp3) is 0.429. The standard InChI is InChI=1S/C14H17N2O.Li/c1-10(2)13-9-17-14(15-13)16-7-11-5-3-4-6-12(11)8-16;/h3-7,10,13H,8-9H2,1-2H3;/q-1;+1/t13-;/m1./s1. The van der Waals surface area contributed by atoms with E-state index in [1.54, 1.807) is 0 Å². The van der Waals surface area contributed by atoms with Crippen molar-refractivity contribution in [2.45, 2.75) is 26.4 Å². The molecule has 3 nitrogen and oxygen atoms in total. The van der Waals surface area contributed by atoms with Gasteiger partial charge in [-0.25, -0.2) is 4.99 Å². The van der Waals surface area contributed by atoms with E-state index in [1.807, 2.05) is 0 Å². The van der Waals surface area contributed by atoms with Crippen molar-refractivity contribution in [1.82, 2.24) is 4.90 Å². The second-order valence-corrected chi connectivity index (χ2v) is 4.99. The van der Waals surface area contributed by atoms with Crippen molar-refractivity contribution in [3.05, 3.63) is 41.9 Å². The number of amidine groups is 1. The molecule has 3 rings (SSSR count). The van der Waals surface area contributed by atoms with Gasteiger partial charge in [-0.1, -0.05) is 26.5 Å². The Hall–Kier alpha value is -1.04. The number of rotatable bonds is 1. The predicted molar refractivity (Wildman–Crippen MR) is 67.4 cm³/mol. The van der Waals surface area contributed by atoms with Crippen LogP contribution in [0.5, 0.6) is 0 Å². The van der Waals surface area contributed by atoms with Crippen molar-refractivity contribution < 1.29 is 23.6 Å². The van der Waals surface area contributed by atoms with Crippen LogP contribution in [0.25, 0.3) is 0 Å². The van der Waals surface area contributed by atoms with Crippen molar-refractivity contribution in [3.63, 3.8) is 0 Å². The summed E-state index contributed by atoms with van der Waals surface area (Å²) in [7, 11) is 0. The first-order valence-corrected chi connectivity index (χ1v) is 6.14. The van der Waals surface area contributed by atoms with Crippen molar-refractivity contribution >= 4 is 6.02 Å². The molecule has 0 saturated heterocycles. The summed E-state index contributed by atoms with van der Waals surface area (Å²) in [6, 6.07) is 9.51. The summed E-state index contributed by atoms with van der Waals surface area (Å²) >= 11 is 0. The van der Waals surface area contributed by atoms with Gasteiger partial charge in [-0.05, 0) is 12.5 Å². The second-order valence-electron chi connectivity index (χ2n) is 4.99. The number of benzene rings is 1. The van der Waals surface area contributed by atoms with Gasteiger partial charge in [-0.15, -0.1) is 17.7 Å². The maximum absolute atomic E-state index is 5.69. The van der Waals surface area contributed by atoms with Crippen LogP contribution in [-0.2, 0) is 11.3 Å². The fourth-order valence-corrected chi connectivity index (χ4v) is 2.20. The molecule has 0 spiro atoms. The van der Waals surface area contributed by atoms with Gasteiger partial charge in [-0.3, -0.25) is 0 Å². The molecule has 1 aromatic rings. The quantitative estimate of drug-likeness (QED) is 0.482. The Morgan fingerprint density at radius 3 is 2.83 bits per heavy atom. The Balaban J connectivity index is 0.00000120. The van der Waals surface area contributed by atoms with Gasteiger partial charge in [0.05, 0.1) is 6.04 Å². The second kappa shape index (κ2) is 5.30. The third-order valence-electron chi connectivity index (χ3n) is 3.37. The molecule has 0 N–H and O–H groups in total. The Kier molecular flexibility index (Phi) is 3.94. The van der Waals surface area contributed by atoms with Gasteiger partial charge in [0.2, 0.25) is 0 Å². The van der Waals surface area contributed by atoms with Gasteiger partial charge in [0.1, 0.15) is 6.61 Å². The number of nitrogens with zero attached hydrogens (tertiary/aromatic N) is 2. The van der Waals surface area contributed by atoms with Crippen molar-refractivity contribution in [3.8, 4) is 0 Å². The van der Waals surface area contributed by atoms with Crippen LogP contribution in [0.2, 0.25) is 0 Å². The van der Waals surface area contributed by atoms with Crippen molar-refractivity contribution in [2.75, 3.05) is 6.61 Å². The molecule has 0 unspecified atom stereocenters. The zero-order valence-corrected chi connectivity index (χ0v) is 11.3. The monoisotopic (exact) mass is 236 g/mol.